The van der Waals surface area contributed by atoms with Gasteiger partial charge in [-0.1, -0.05) is 26.5 Å². The van der Waals surface area contributed by atoms with E-state index in [4.69, 9.17) is 5.73 Å². The summed E-state index contributed by atoms with van der Waals surface area (Å²) < 4.78 is 0. The predicted octanol–water partition coefficient (Wildman–Crippen LogP) is 2.19. The van der Waals surface area contributed by atoms with Crippen molar-refractivity contribution in [2.45, 2.75) is 20.8 Å². The van der Waals surface area contributed by atoms with Gasteiger partial charge in [-0.2, -0.15) is 0 Å². The second kappa shape index (κ2) is 11.5. The number of nitrogens with one attached hydrogen (secondary N) is 1. The molecule has 0 aliphatic rings. The Morgan fingerprint density at radius 1 is 1.43 bits per heavy atom. The molecule has 0 atom stereocenters. The van der Waals surface area contributed by atoms with Gasteiger partial charge in [0, 0.05) is 12.7 Å². The Balaban J connectivity index is 0. The van der Waals surface area contributed by atoms with Crippen LogP contribution in [0, 0.1) is 0 Å². The highest BCUT2D eigenvalue weighted by molar-refractivity contribution is 5.91. The minimum atomic E-state index is 0.472. The van der Waals surface area contributed by atoms with E-state index in [1.807, 2.05) is 20.8 Å². The Bertz CT molecular complexity index is 225. The second-order valence-corrected chi connectivity index (χ2v) is 2.20. The van der Waals surface area contributed by atoms with Crippen LogP contribution in [0.3, 0.4) is 0 Å². The molecule has 14 heavy (non-hydrogen) atoms. The lowest BCUT2D eigenvalue weighted by Crippen LogP contribution is -2.09. The van der Waals surface area contributed by atoms with Gasteiger partial charge >= 0.3 is 0 Å². The normalized spacial score (nSPS) is 12.0. The third-order valence-electron chi connectivity index (χ3n) is 1.09. The molecular weight excluding hydrogens is 174 g/mol. The summed E-state index contributed by atoms with van der Waals surface area (Å²) in [4.78, 5) is 4.06. The fourth-order valence-electron chi connectivity index (χ4n) is 0.617. The lowest BCUT2D eigenvalue weighted by Gasteiger charge is -1.93. The first-order valence-corrected chi connectivity index (χ1v) is 4.68. The summed E-state index contributed by atoms with van der Waals surface area (Å²) in [5.41, 5.74) is 6.38. The Kier molecular flexibility index (Phi) is 12.3. The molecule has 0 fully saturated rings. The van der Waals surface area contributed by atoms with E-state index in [2.05, 4.69) is 16.9 Å². The number of aliphatic imine (C=N–C) groups is 1. The molecule has 0 aliphatic carbocycles. The summed E-state index contributed by atoms with van der Waals surface area (Å²) in [5.74, 6) is 0.472. The molecule has 3 nitrogen and oxygen atoms in total. The van der Waals surface area contributed by atoms with Gasteiger partial charge in [-0.25, -0.2) is 4.99 Å². The van der Waals surface area contributed by atoms with Crippen LogP contribution < -0.4 is 11.1 Å². The number of hydrogen-bond acceptors (Lipinski definition) is 2. The first-order valence-electron chi connectivity index (χ1n) is 4.68. The Morgan fingerprint density at radius 3 is 2.43 bits per heavy atom. The molecule has 0 saturated carbocycles. The van der Waals surface area contributed by atoms with Gasteiger partial charge in [0.2, 0.25) is 0 Å². The van der Waals surface area contributed by atoms with Crippen LogP contribution in [0.25, 0.3) is 0 Å². The molecule has 0 spiro atoms. The topological polar surface area (TPSA) is 50.4 Å². The van der Waals surface area contributed by atoms with Crippen molar-refractivity contribution in [3.8, 4) is 0 Å². The highest BCUT2D eigenvalue weighted by Crippen LogP contribution is 1.93. The largest absolute Gasteiger partial charge is 0.394 e. The Morgan fingerprint density at radius 2 is 2.00 bits per heavy atom. The fourth-order valence-corrected chi connectivity index (χ4v) is 0.617. The number of nitrogens with zero attached hydrogens (tertiary/aromatic N) is 1. The van der Waals surface area contributed by atoms with E-state index in [9.17, 15) is 0 Å². The maximum atomic E-state index is 5.54. The molecule has 0 rings (SSSR count). The van der Waals surface area contributed by atoms with Crippen LogP contribution in [0.5, 0.6) is 0 Å². The molecule has 0 aromatic carbocycles. The molecule has 3 heteroatoms. The van der Waals surface area contributed by atoms with Crippen molar-refractivity contribution in [2.24, 2.45) is 10.7 Å². The van der Waals surface area contributed by atoms with E-state index >= 15 is 0 Å². The summed E-state index contributed by atoms with van der Waals surface area (Å²) in [5, 5.41) is 2.82. The fraction of sp³-hybridized carbons (Fsp3) is 0.364. The summed E-state index contributed by atoms with van der Waals surface area (Å²) in [7, 11) is 1.80. The monoisotopic (exact) mass is 195 g/mol. The molecule has 0 saturated heterocycles. The maximum absolute atomic E-state index is 5.54. The molecule has 0 unspecified atom stereocenters. The average molecular weight is 195 g/mol. The van der Waals surface area contributed by atoms with Gasteiger partial charge in [-0.05, 0) is 25.3 Å². The van der Waals surface area contributed by atoms with Crippen molar-refractivity contribution in [2.75, 3.05) is 7.05 Å². The Hall–Kier alpha value is -1.51. The predicted molar refractivity (Wildman–Crippen MR) is 65.1 cm³/mol. The standard InChI is InChI=1S/C9H15N3.C2H6/c1-4-5-8(2)12-9(10)6-7-11-3;1-2/h4-7,11H,1H2,2-3H3,(H2,10,12);1-2H3/b7-6-,8-5+;. The number of nitrogens with two attached hydrogens (primary N) is 1. The van der Waals surface area contributed by atoms with Crippen molar-refractivity contribution >= 4 is 5.84 Å². The summed E-state index contributed by atoms with van der Waals surface area (Å²) in [6.45, 7) is 9.42. The van der Waals surface area contributed by atoms with E-state index in [0.29, 0.717) is 5.84 Å². The third-order valence-corrected chi connectivity index (χ3v) is 1.09. The number of allylic oxidation sites excluding steroid dienone is 3. The zero-order chi connectivity index (χ0) is 11.4. The molecule has 0 amide bonds. The molecule has 0 aromatic rings. The molecule has 0 aliphatic heterocycles. The summed E-state index contributed by atoms with van der Waals surface area (Å²) >= 11 is 0. The van der Waals surface area contributed by atoms with Crippen molar-refractivity contribution in [3.63, 3.8) is 0 Å². The number of hydrogen-bond donors (Lipinski definition) is 2. The van der Waals surface area contributed by atoms with Crippen molar-refractivity contribution < 1.29 is 0 Å². The van der Waals surface area contributed by atoms with Crippen molar-refractivity contribution in [1.82, 2.24) is 5.32 Å². The third kappa shape index (κ3) is 10.5. The van der Waals surface area contributed by atoms with Gasteiger partial charge < -0.3 is 11.1 Å². The molecule has 0 bridgehead atoms. The molecule has 0 aromatic heterocycles. The second-order valence-electron chi connectivity index (χ2n) is 2.20. The number of rotatable bonds is 4. The van der Waals surface area contributed by atoms with Gasteiger partial charge in [0.05, 0.1) is 0 Å². The SMILES string of the molecule is C=C/C=C(C)/N=C(N)/C=C\NC.CC. The summed E-state index contributed by atoms with van der Waals surface area (Å²) in [6, 6.07) is 0. The van der Waals surface area contributed by atoms with E-state index in [0.717, 1.165) is 5.70 Å². The van der Waals surface area contributed by atoms with Crippen molar-refractivity contribution in [3.05, 3.63) is 36.7 Å². The van der Waals surface area contributed by atoms with Gasteiger partial charge in [0.15, 0.2) is 0 Å². The first kappa shape index (κ1) is 15.0. The highest BCUT2D eigenvalue weighted by atomic mass is 14.9. The number of amidine groups is 1. The Labute approximate surface area is 87.1 Å². The van der Waals surface area contributed by atoms with Gasteiger partial charge in [-0.3, -0.25) is 0 Å². The minimum absolute atomic E-state index is 0.472. The minimum Gasteiger partial charge on any atom is -0.394 e. The van der Waals surface area contributed by atoms with Gasteiger partial charge in [0.1, 0.15) is 5.84 Å². The molecule has 3 N–H and O–H groups in total. The van der Waals surface area contributed by atoms with Crippen LogP contribution >= 0.6 is 0 Å². The lowest BCUT2D eigenvalue weighted by molar-refractivity contribution is 1.10. The van der Waals surface area contributed by atoms with Crippen LogP contribution in [0.15, 0.2) is 41.7 Å². The van der Waals surface area contributed by atoms with Crippen LogP contribution in [0.2, 0.25) is 0 Å². The van der Waals surface area contributed by atoms with Crippen LogP contribution in [0.1, 0.15) is 20.8 Å². The molecule has 0 radical (unpaired) electrons. The molecule has 80 valence electrons. The zero-order valence-electron chi connectivity index (χ0n) is 9.54. The van der Waals surface area contributed by atoms with E-state index in [1.165, 1.54) is 0 Å². The molecular formula is C11H21N3. The smallest absolute Gasteiger partial charge is 0.125 e. The first-order chi connectivity index (χ1) is 6.70. The van der Waals surface area contributed by atoms with Gasteiger partial charge in [-0.15, -0.1) is 0 Å². The van der Waals surface area contributed by atoms with E-state index < -0.39 is 0 Å². The van der Waals surface area contributed by atoms with Crippen molar-refractivity contribution in [1.29, 1.82) is 0 Å². The maximum Gasteiger partial charge on any atom is 0.125 e. The van der Waals surface area contributed by atoms with Crippen LogP contribution in [0.4, 0.5) is 0 Å². The van der Waals surface area contributed by atoms with Gasteiger partial charge in [0.25, 0.3) is 0 Å². The van der Waals surface area contributed by atoms with Crippen LogP contribution in [-0.2, 0) is 0 Å². The zero-order valence-corrected chi connectivity index (χ0v) is 9.54. The lowest BCUT2D eigenvalue weighted by atomic mass is 10.4. The molecule has 0 heterocycles. The average Bonchev–Trinajstić information content (AvgIpc) is 2.18. The summed E-state index contributed by atoms with van der Waals surface area (Å²) in [6.07, 6.45) is 6.88. The van der Waals surface area contributed by atoms with E-state index in [1.54, 1.807) is 31.5 Å². The highest BCUT2D eigenvalue weighted by Gasteiger charge is 1.84. The van der Waals surface area contributed by atoms with E-state index in [-0.39, 0.29) is 0 Å². The van der Waals surface area contributed by atoms with Crippen LogP contribution in [-0.4, -0.2) is 12.9 Å². The quantitative estimate of drug-likeness (QED) is 0.410.